The molecule has 1 aliphatic carbocycles. The van der Waals surface area contributed by atoms with Crippen LogP contribution in [0.2, 0.25) is 0 Å². The zero-order valence-electron chi connectivity index (χ0n) is 7.41. The molecule has 2 rings (SSSR count). The minimum absolute atomic E-state index is 0.641. The van der Waals surface area contributed by atoms with E-state index in [0.717, 1.165) is 30.8 Å². The van der Waals surface area contributed by atoms with Gasteiger partial charge in [-0.1, -0.05) is 5.21 Å². The summed E-state index contributed by atoms with van der Waals surface area (Å²) in [7, 11) is 0. The molecular weight excluding hydrogens is 154 g/mol. The fourth-order valence-electron chi connectivity index (χ4n) is 1.45. The molecule has 4 heteroatoms. The minimum Gasteiger partial charge on any atom is -0.383 e. The van der Waals surface area contributed by atoms with Gasteiger partial charge in [-0.3, -0.25) is 0 Å². The summed E-state index contributed by atoms with van der Waals surface area (Å²) in [6.45, 7) is 4.78. The molecule has 0 aromatic carbocycles. The molecule has 1 heterocycles. The number of aryl methyl sites for hydroxylation is 1. The van der Waals surface area contributed by atoms with E-state index >= 15 is 0 Å². The van der Waals surface area contributed by atoms with E-state index in [4.69, 9.17) is 0 Å². The number of nitrogens with zero attached hydrogens (tertiary/aromatic N) is 3. The van der Waals surface area contributed by atoms with Crippen LogP contribution in [-0.2, 0) is 12.1 Å². The molecule has 0 spiro atoms. The highest BCUT2D eigenvalue weighted by molar-refractivity contribution is 5.22. The van der Waals surface area contributed by atoms with Crippen LogP contribution >= 0.6 is 0 Å². The van der Waals surface area contributed by atoms with Gasteiger partial charge in [0.2, 0.25) is 0 Å². The molecule has 66 valence electrons. The summed E-state index contributed by atoms with van der Waals surface area (Å²) < 4.78 is 1.81. The van der Waals surface area contributed by atoms with Gasteiger partial charge in [-0.25, -0.2) is 4.68 Å². The fraction of sp³-hybridized carbons (Fsp3) is 0.750. The van der Waals surface area contributed by atoms with E-state index in [1.54, 1.807) is 0 Å². The number of aromatic nitrogens is 3. The van der Waals surface area contributed by atoms with E-state index in [1.165, 1.54) is 0 Å². The molecule has 1 aromatic heterocycles. The molecule has 12 heavy (non-hydrogen) atoms. The molecule has 0 amide bonds. The predicted octanol–water partition coefficient (Wildman–Crippen LogP) is 0.588. The Balaban J connectivity index is 2.39. The number of aliphatic hydroxyl groups is 1. The van der Waals surface area contributed by atoms with Gasteiger partial charge in [-0.05, 0) is 26.7 Å². The second-order valence-electron chi connectivity index (χ2n) is 3.37. The van der Waals surface area contributed by atoms with Crippen LogP contribution < -0.4 is 0 Å². The minimum atomic E-state index is -0.641. The van der Waals surface area contributed by atoms with Crippen LogP contribution in [0.4, 0.5) is 0 Å². The molecule has 0 saturated heterocycles. The number of rotatable bonds is 2. The Hall–Kier alpha value is -0.900. The topological polar surface area (TPSA) is 50.9 Å². The highest BCUT2D eigenvalue weighted by Gasteiger charge is 2.46. The summed E-state index contributed by atoms with van der Waals surface area (Å²) in [4.78, 5) is 0. The predicted molar refractivity (Wildman–Crippen MR) is 43.6 cm³/mol. The Kier molecular flexibility index (Phi) is 1.48. The van der Waals surface area contributed by atoms with Crippen molar-refractivity contribution in [3.05, 3.63) is 11.4 Å². The second kappa shape index (κ2) is 2.29. The lowest BCUT2D eigenvalue weighted by atomic mass is 10.2. The van der Waals surface area contributed by atoms with Crippen molar-refractivity contribution in [2.45, 2.75) is 38.8 Å². The second-order valence-corrected chi connectivity index (χ2v) is 3.37. The fourth-order valence-corrected chi connectivity index (χ4v) is 1.45. The van der Waals surface area contributed by atoms with Crippen molar-refractivity contribution in [1.82, 2.24) is 15.0 Å². The van der Waals surface area contributed by atoms with E-state index in [2.05, 4.69) is 10.3 Å². The third kappa shape index (κ3) is 0.948. The summed E-state index contributed by atoms with van der Waals surface area (Å²) in [5.41, 5.74) is 1.12. The van der Waals surface area contributed by atoms with Crippen molar-refractivity contribution >= 4 is 0 Å². The maximum atomic E-state index is 9.77. The molecule has 1 fully saturated rings. The molecule has 0 aliphatic heterocycles. The standard InChI is InChI=1S/C8H13N3O/c1-3-11-6(2)7(9-10-11)8(12)4-5-8/h12H,3-5H2,1-2H3. The number of hydrogen-bond donors (Lipinski definition) is 1. The van der Waals surface area contributed by atoms with Crippen LogP contribution in [-0.4, -0.2) is 20.1 Å². The van der Waals surface area contributed by atoms with Gasteiger partial charge in [-0.2, -0.15) is 0 Å². The van der Waals surface area contributed by atoms with Gasteiger partial charge in [0.05, 0.1) is 5.69 Å². The molecular formula is C8H13N3O. The summed E-state index contributed by atoms with van der Waals surface area (Å²) >= 11 is 0. The lowest BCUT2D eigenvalue weighted by molar-refractivity contribution is 0.145. The third-order valence-electron chi connectivity index (χ3n) is 2.45. The molecule has 1 aliphatic rings. The SMILES string of the molecule is CCn1nnc(C2(O)CC2)c1C. The highest BCUT2D eigenvalue weighted by Crippen LogP contribution is 2.45. The van der Waals surface area contributed by atoms with Gasteiger partial charge < -0.3 is 5.11 Å². The van der Waals surface area contributed by atoms with Crippen LogP contribution in [0.25, 0.3) is 0 Å². The molecule has 0 radical (unpaired) electrons. The van der Waals surface area contributed by atoms with E-state index < -0.39 is 5.60 Å². The Morgan fingerprint density at radius 3 is 2.67 bits per heavy atom. The summed E-state index contributed by atoms with van der Waals surface area (Å²) in [6, 6.07) is 0. The lowest BCUT2D eigenvalue weighted by Gasteiger charge is -2.04. The normalized spacial score (nSPS) is 19.6. The van der Waals surface area contributed by atoms with Crippen molar-refractivity contribution in [2.24, 2.45) is 0 Å². The first-order chi connectivity index (χ1) is 5.67. The molecule has 0 unspecified atom stereocenters. The quantitative estimate of drug-likeness (QED) is 0.701. The van der Waals surface area contributed by atoms with Gasteiger partial charge >= 0.3 is 0 Å². The van der Waals surface area contributed by atoms with Crippen molar-refractivity contribution in [3.63, 3.8) is 0 Å². The molecule has 1 aromatic rings. The van der Waals surface area contributed by atoms with Gasteiger partial charge in [-0.15, -0.1) is 5.10 Å². The van der Waals surface area contributed by atoms with Crippen molar-refractivity contribution in [2.75, 3.05) is 0 Å². The average molecular weight is 167 g/mol. The highest BCUT2D eigenvalue weighted by atomic mass is 16.3. The van der Waals surface area contributed by atoms with Crippen LogP contribution in [0, 0.1) is 6.92 Å². The van der Waals surface area contributed by atoms with Crippen LogP contribution in [0.15, 0.2) is 0 Å². The zero-order valence-corrected chi connectivity index (χ0v) is 7.41. The van der Waals surface area contributed by atoms with E-state index in [-0.39, 0.29) is 0 Å². The van der Waals surface area contributed by atoms with Crippen molar-refractivity contribution in [1.29, 1.82) is 0 Å². The molecule has 4 nitrogen and oxygen atoms in total. The lowest BCUT2D eigenvalue weighted by Crippen LogP contribution is -2.08. The largest absolute Gasteiger partial charge is 0.383 e. The van der Waals surface area contributed by atoms with E-state index in [1.807, 2.05) is 18.5 Å². The van der Waals surface area contributed by atoms with Gasteiger partial charge in [0.25, 0.3) is 0 Å². The molecule has 0 atom stereocenters. The smallest absolute Gasteiger partial charge is 0.117 e. The van der Waals surface area contributed by atoms with E-state index in [9.17, 15) is 5.11 Å². The first kappa shape index (κ1) is 7.73. The van der Waals surface area contributed by atoms with Crippen LogP contribution in [0.1, 0.15) is 31.2 Å². The third-order valence-corrected chi connectivity index (χ3v) is 2.45. The van der Waals surface area contributed by atoms with Gasteiger partial charge in [0.15, 0.2) is 0 Å². The summed E-state index contributed by atoms with van der Waals surface area (Å²) in [5, 5.41) is 17.7. The van der Waals surface area contributed by atoms with Gasteiger partial charge in [0, 0.05) is 6.54 Å². The first-order valence-corrected chi connectivity index (χ1v) is 4.30. The monoisotopic (exact) mass is 167 g/mol. The maximum Gasteiger partial charge on any atom is 0.117 e. The Morgan fingerprint density at radius 1 is 1.58 bits per heavy atom. The number of hydrogen-bond acceptors (Lipinski definition) is 3. The zero-order chi connectivity index (χ0) is 8.77. The summed E-state index contributed by atoms with van der Waals surface area (Å²) in [5.74, 6) is 0. The van der Waals surface area contributed by atoms with E-state index in [0.29, 0.717) is 0 Å². The summed E-state index contributed by atoms with van der Waals surface area (Å²) in [6.07, 6.45) is 1.66. The van der Waals surface area contributed by atoms with Crippen molar-refractivity contribution < 1.29 is 5.11 Å². The Bertz CT molecular complexity index is 301. The van der Waals surface area contributed by atoms with Gasteiger partial charge in [0.1, 0.15) is 11.3 Å². The maximum absolute atomic E-state index is 9.77. The van der Waals surface area contributed by atoms with Crippen LogP contribution in [0.5, 0.6) is 0 Å². The molecule has 0 bridgehead atoms. The average Bonchev–Trinajstić information content (AvgIpc) is 2.65. The Labute approximate surface area is 71.2 Å². The molecule has 1 N–H and O–H groups in total. The molecule has 1 saturated carbocycles. The first-order valence-electron chi connectivity index (χ1n) is 4.30. The van der Waals surface area contributed by atoms with Crippen LogP contribution in [0.3, 0.4) is 0 Å². The Morgan fingerprint density at radius 2 is 2.25 bits per heavy atom. The van der Waals surface area contributed by atoms with Crippen molar-refractivity contribution in [3.8, 4) is 0 Å².